The third-order valence-corrected chi connectivity index (χ3v) is 4.50. The predicted molar refractivity (Wildman–Crippen MR) is 103 cm³/mol. The number of rotatable bonds is 6. The molecule has 0 radical (unpaired) electrons. The zero-order valence-corrected chi connectivity index (χ0v) is 15.5. The van der Waals surface area contributed by atoms with Gasteiger partial charge in [0.05, 0.1) is 17.4 Å². The Bertz CT molecular complexity index is 1030. The maximum Gasteiger partial charge on any atom is 0.258 e. The Morgan fingerprint density at radius 2 is 2.00 bits per heavy atom. The lowest BCUT2D eigenvalue weighted by atomic mass is 10.1. The van der Waals surface area contributed by atoms with E-state index in [9.17, 15) is 14.0 Å². The maximum absolute atomic E-state index is 13.6. The fourth-order valence-electron chi connectivity index (χ4n) is 2.99. The molecule has 27 heavy (non-hydrogen) atoms. The number of fused-ring (bicyclic) bond motifs is 1. The average Bonchev–Trinajstić information content (AvgIpc) is 2.66. The molecular formula is C21H22FN3O2. The van der Waals surface area contributed by atoms with Gasteiger partial charge in [-0.25, -0.2) is 9.37 Å². The molecule has 0 unspecified atom stereocenters. The average molecular weight is 367 g/mol. The van der Waals surface area contributed by atoms with Crippen LogP contribution in [0.15, 0.2) is 47.3 Å². The van der Waals surface area contributed by atoms with Crippen LogP contribution in [-0.4, -0.2) is 27.3 Å². The number of amides is 1. The van der Waals surface area contributed by atoms with Crippen LogP contribution in [0, 0.1) is 12.7 Å². The lowest BCUT2D eigenvalue weighted by Gasteiger charge is -2.23. The number of aromatic nitrogens is 2. The summed E-state index contributed by atoms with van der Waals surface area (Å²) in [4.78, 5) is 34.1. The molecular weight excluding hydrogens is 345 g/mol. The van der Waals surface area contributed by atoms with Crippen molar-refractivity contribution in [2.45, 2.75) is 33.2 Å². The third kappa shape index (κ3) is 4.22. The van der Waals surface area contributed by atoms with E-state index in [-0.39, 0.29) is 18.0 Å². The van der Waals surface area contributed by atoms with E-state index in [4.69, 9.17) is 0 Å². The number of hydrogen-bond donors (Lipinski definition) is 1. The number of H-pyrrole nitrogens is 1. The van der Waals surface area contributed by atoms with Gasteiger partial charge in [0, 0.05) is 12.1 Å². The molecule has 0 atom stereocenters. The summed E-state index contributed by atoms with van der Waals surface area (Å²) in [7, 11) is 0. The first-order chi connectivity index (χ1) is 13.0. The van der Waals surface area contributed by atoms with Gasteiger partial charge in [-0.1, -0.05) is 31.5 Å². The van der Waals surface area contributed by atoms with Gasteiger partial charge in [-0.3, -0.25) is 9.59 Å². The smallest absolute Gasteiger partial charge is 0.258 e. The minimum atomic E-state index is -0.448. The van der Waals surface area contributed by atoms with E-state index in [2.05, 4.69) is 9.97 Å². The van der Waals surface area contributed by atoms with Crippen molar-refractivity contribution in [2.24, 2.45) is 0 Å². The molecule has 140 valence electrons. The Morgan fingerprint density at radius 1 is 1.22 bits per heavy atom. The van der Waals surface area contributed by atoms with Gasteiger partial charge in [-0.2, -0.15) is 0 Å². The predicted octanol–water partition coefficient (Wildman–Crippen LogP) is 3.81. The number of aryl methyl sites for hydroxylation is 1. The minimum Gasteiger partial charge on any atom is -0.331 e. The molecule has 2 aromatic carbocycles. The summed E-state index contributed by atoms with van der Waals surface area (Å²) in [6.07, 6.45) is 1.71. The van der Waals surface area contributed by atoms with Crippen LogP contribution < -0.4 is 5.56 Å². The monoisotopic (exact) mass is 367 g/mol. The van der Waals surface area contributed by atoms with Crippen molar-refractivity contribution < 1.29 is 9.18 Å². The normalized spacial score (nSPS) is 10.9. The number of nitrogens with zero attached hydrogens (tertiary/aromatic N) is 2. The fourth-order valence-corrected chi connectivity index (χ4v) is 2.99. The van der Waals surface area contributed by atoms with Gasteiger partial charge in [0.25, 0.3) is 11.5 Å². The van der Waals surface area contributed by atoms with Crippen molar-refractivity contribution in [3.63, 3.8) is 0 Å². The molecule has 3 aromatic rings. The number of aromatic amines is 1. The molecule has 0 aliphatic heterocycles. The number of unbranched alkanes of at least 4 members (excludes halogenated alkanes) is 1. The molecule has 0 bridgehead atoms. The van der Waals surface area contributed by atoms with Gasteiger partial charge < -0.3 is 9.88 Å². The fraction of sp³-hybridized carbons (Fsp3) is 0.286. The van der Waals surface area contributed by atoms with Crippen LogP contribution in [0.5, 0.6) is 0 Å². The number of carbonyl (C=O) groups excluding carboxylic acids is 1. The molecule has 0 aliphatic carbocycles. The van der Waals surface area contributed by atoms with Gasteiger partial charge >= 0.3 is 0 Å². The van der Waals surface area contributed by atoms with E-state index < -0.39 is 5.82 Å². The van der Waals surface area contributed by atoms with Crippen molar-refractivity contribution in [2.75, 3.05) is 6.54 Å². The van der Waals surface area contributed by atoms with Crippen LogP contribution in [0.25, 0.3) is 10.9 Å². The van der Waals surface area contributed by atoms with Gasteiger partial charge in [0.15, 0.2) is 0 Å². The molecule has 6 heteroatoms. The molecule has 1 aromatic heterocycles. The summed E-state index contributed by atoms with van der Waals surface area (Å²) in [5.41, 5.74) is 1.39. The van der Waals surface area contributed by atoms with Gasteiger partial charge in [-0.05, 0) is 43.2 Å². The third-order valence-electron chi connectivity index (χ3n) is 4.50. The number of halogens is 1. The summed E-state index contributed by atoms with van der Waals surface area (Å²) in [5, 5.41) is 0.508. The van der Waals surface area contributed by atoms with E-state index in [0.717, 1.165) is 12.8 Å². The number of para-hydroxylation sites is 1. The van der Waals surface area contributed by atoms with Crippen molar-refractivity contribution in [1.82, 2.24) is 14.9 Å². The summed E-state index contributed by atoms with van der Waals surface area (Å²) in [6, 6.07) is 11.3. The summed E-state index contributed by atoms with van der Waals surface area (Å²) in [5.74, 6) is -0.301. The Hall–Kier alpha value is -3.02. The Kier molecular flexibility index (Phi) is 5.64. The molecule has 5 nitrogen and oxygen atoms in total. The molecule has 0 saturated heterocycles. The highest BCUT2D eigenvalue weighted by atomic mass is 19.1. The summed E-state index contributed by atoms with van der Waals surface area (Å²) in [6.45, 7) is 4.48. The van der Waals surface area contributed by atoms with Crippen molar-refractivity contribution in [3.05, 3.63) is 75.6 Å². The van der Waals surface area contributed by atoms with Crippen LogP contribution in [0.3, 0.4) is 0 Å². The number of benzene rings is 2. The highest BCUT2D eigenvalue weighted by Gasteiger charge is 2.19. The lowest BCUT2D eigenvalue weighted by Crippen LogP contribution is -2.33. The second-order valence-electron chi connectivity index (χ2n) is 6.57. The Labute approximate surface area is 156 Å². The lowest BCUT2D eigenvalue weighted by molar-refractivity contribution is 0.0735. The standard InChI is InChI=1S/C21H22FN3O2/c1-3-4-11-25(21(27)17-12-15(22)10-9-14(17)2)13-19-23-18-8-6-5-7-16(18)20(26)24-19/h5-10,12H,3-4,11,13H2,1-2H3,(H,23,24,26). The van der Waals surface area contributed by atoms with Crippen molar-refractivity contribution in [3.8, 4) is 0 Å². The minimum absolute atomic E-state index is 0.162. The first-order valence-corrected chi connectivity index (χ1v) is 9.03. The molecule has 1 heterocycles. The first kappa shape index (κ1) is 18.8. The second kappa shape index (κ2) is 8.12. The quantitative estimate of drug-likeness (QED) is 0.720. The van der Waals surface area contributed by atoms with Gasteiger partial charge in [0.1, 0.15) is 11.6 Å². The molecule has 0 aliphatic rings. The van der Waals surface area contributed by atoms with E-state index >= 15 is 0 Å². The highest BCUT2D eigenvalue weighted by Crippen LogP contribution is 2.16. The Balaban J connectivity index is 1.94. The van der Waals surface area contributed by atoms with E-state index in [1.807, 2.05) is 13.0 Å². The van der Waals surface area contributed by atoms with Gasteiger partial charge in [-0.15, -0.1) is 0 Å². The zero-order valence-electron chi connectivity index (χ0n) is 15.5. The van der Waals surface area contributed by atoms with Crippen LogP contribution in [0.1, 0.15) is 41.5 Å². The summed E-state index contributed by atoms with van der Waals surface area (Å²) < 4.78 is 13.6. The molecule has 1 amide bonds. The number of carbonyl (C=O) groups is 1. The molecule has 1 N–H and O–H groups in total. The number of nitrogens with one attached hydrogen (secondary N) is 1. The molecule has 0 saturated carbocycles. The largest absolute Gasteiger partial charge is 0.331 e. The van der Waals surface area contributed by atoms with Crippen LogP contribution in [0.4, 0.5) is 4.39 Å². The van der Waals surface area contributed by atoms with Crippen molar-refractivity contribution in [1.29, 1.82) is 0 Å². The van der Waals surface area contributed by atoms with E-state index in [1.54, 1.807) is 36.1 Å². The topological polar surface area (TPSA) is 66.1 Å². The number of hydrogen-bond acceptors (Lipinski definition) is 3. The molecule has 0 fully saturated rings. The van der Waals surface area contributed by atoms with E-state index in [0.29, 0.717) is 34.4 Å². The zero-order chi connectivity index (χ0) is 19.4. The van der Waals surface area contributed by atoms with Crippen LogP contribution in [0.2, 0.25) is 0 Å². The van der Waals surface area contributed by atoms with Gasteiger partial charge in [0.2, 0.25) is 0 Å². The van der Waals surface area contributed by atoms with E-state index in [1.165, 1.54) is 12.1 Å². The second-order valence-corrected chi connectivity index (χ2v) is 6.57. The maximum atomic E-state index is 13.6. The Morgan fingerprint density at radius 3 is 2.78 bits per heavy atom. The SMILES string of the molecule is CCCCN(Cc1nc2ccccc2c(=O)[nH]1)C(=O)c1cc(F)ccc1C. The van der Waals surface area contributed by atoms with Crippen LogP contribution >= 0.6 is 0 Å². The molecule has 0 spiro atoms. The summed E-state index contributed by atoms with van der Waals surface area (Å²) >= 11 is 0. The highest BCUT2D eigenvalue weighted by molar-refractivity contribution is 5.95. The van der Waals surface area contributed by atoms with Crippen LogP contribution in [-0.2, 0) is 6.54 Å². The molecule has 3 rings (SSSR count). The van der Waals surface area contributed by atoms with Crippen molar-refractivity contribution >= 4 is 16.8 Å². The first-order valence-electron chi connectivity index (χ1n) is 9.03.